The molecule has 1 aliphatic rings. The second kappa shape index (κ2) is 3.81. The molecule has 2 nitrogen and oxygen atoms in total. The van der Waals surface area contributed by atoms with Crippen molar-refractivity contribution in [1.29, 1.82) is 0 Å². The highest BCUT2D eigenvalue weighted by molar-refractivity contribution is 9.10. The highest BCUT2D eigenvalue weighted by Crippen LogP contribution is 2.34. The molecule has 2 rings (SSSR count). The minimum Gasteiger partial charge on any atom is -0.236 e. The Bertz CT molecular complexity index is 304. The lowest BCUT2D eigenvalue weighted by atomic mass is 10.5. The van der Waals surface area contributed by atoms with Gasteiger partial charge in [0, 0.05) is 10.7 Å². The molecule has 0 radical (unpaired) electrons. The Hall–Kier alpha value is -0.000000000000000111. The Morgan fingerprint density at radius 1 is 1.42 bits per heavy atom. The van der Waals surface area contributed by atoms with E-state index in [0.29, 0.717) is 0 Å². The van der Waals surface area contributed by atoms with E-state index in [9.17, 15) is 0 Å². The van der Waals surface area contributed by atoms with Crippen LogP contribution in [0.4, 0.5) is 5.82 Å². The van der Waals surface area contributed by atoms with E-state index in [4.69, 9.17) is 0 Å². The first-order valence-corrected chi connectivity index (χ1v) is 6.07. The van der Waals surface area contributed by atoms with Gasteiger partial charge in [-0.25, -0.2) is 9.98 Å². The molecule has 0 aliphatic carbocycles. The van der Waals surface area contributed by atoms with E-state index in [1.165, 1.54) is 0 Å². The normalized spacial score (nSPS) is 15.6. The van der Waals surface area contributed by atoms with Gasteiger partial charge in [0.15, 0.2) is 5.82 Å². The number of aromatic nitrogens is 1. The molecule has 0 saturated carbocycles. The third-order valence-electron chi connectivity index (χ3n) is 1.28. The molecule has 0 amide bonds. The predicted octanol–water partition coefficient (Wildman–Crippen LogP) is 3.27. The summed E-state index contributed by atoms with van der Waals surface area (Å²) in [6.45, 7) is 0. The summed E-state index contributed by atoms with van der Waals surface area (Å²) in [6.07, 6.45) is 1.76. The smallest absolute Gasteiger partial charge is 0.153 e. The maximum absolute atomic E-state index is 4.32. The fraction of sp³-hybridized carbons (Fsp3) is 0.143. The van der Waals surface area contributed by atoms with Gasteiger partial charge >= 0.3 is 0 Å². The van der Waals surface area contributed by atoms with Gasteiger partial charge < -0.3 is 0 Å². The summed E-state index contributed by atoms with van der Waals surface area (Å²) in [5, 5.41) is 1.12. The summed E-state index contributed by atoms with van der Waals surface area (Å²) in [4.78, 5) is 8.46. The number of nitrogens with zero attached hydrogens (tertiary/aromatic N) is 2. The molecule has 1 aromatic heterocycles. The first-order chi connectivity index (χ1) is 5.84. The summed E-state index contributed by atoms with van der Waals surface area (Å²) >= 11 is 6.85. The van der Waals surface area contributed by atoms with Crippen molar-refractivity contribution < 1.29 is 0 Å². The molecule has 1 fully saturated rings. The van der Waals surface area contributed by atoms with Crippen LogP contribution >= 0.6 is 39.5 Å². The van der Waals surface area contributed by atoms with Crippen molar-refractivity contribution in [3.8, 4) is 0 Å². The average molecular weight is 261 g/mol. The Kier molecular flexibility index (Phi) is 2.73. The minimum absolute atomic E-state index is 0.785. The first kappa shape index (κ1) is 8.59. The molecule has 62 valence electrons. The molecule has 2 heterocycles. The zero-order chi connectivity index (χ0) is 8.39. The van der Waals surface area contributed by atoms with Gasteiger partial charge in [-0.15, -0.1) is 0 Å². The molecule has 5 heteroatoms. The van der Waals surface area contributed by atoms with Gasteiger partial charge in [0.1, 0.15) is 4.38 Å². The largest absolute Gasteiger partial charge is 0.236 e. The number of rotatable bonds is 1. The topological polar surface area (TPSA) is 25.2 Å². The molecule has 1 aliphatic heterocycles. The van der Waals surface area contributed by atoms with E-state index < -0.39 is 0 Å². The van der Waals surface area contributed by atoms with Gasteiger partial charge in [-0.3, -0.25) is 0 Å². The lowest BCUT2D eigenvalue weighted by molar-refractivity contribution is 1.27. The van der Waals surface area contributed by atoms with Gasteiger partial charge in [-0.1, -0.05) is 23.5 Å². The summed E-state index contributed by atoms with van der Waals surface area (Å²) < 4.78 is 2.10. The Morgan fingerprint density at radius 3 is 2.75 bits per heavy atom. The molecular weight excluding hydrogens is 256 g/mol. The van der Waals surface area contributed by atoms with Crippen molar-refractivity contribution in [3.05, 3.63) is 22.8 Å². The average Bonchev–Trinajstić information content (AvgIpc) is 2.00. The highest BCUT2D eigenvalue weighted by atomic mass is 79.9. The standard InChI is InChI=1S/C7H5BrN2S2/c8-5-1-2-6(9-3-5)10-7-11-4-12-7/h1-3H,4H2. The summed E-state index contributed by atoms with van der Waals surface area (Å²) in [6, 6.07) is 3.84. The minimum atomic E-state index is 0.785. The Labute approximate surface area is 87.4 Å². The van der Waals surface area contributed by atoms with Crippen LogP contribution in [0, 0.1) is 0 Å². The van der Waals surface area contributed by atoms with E-state index in [1.807, 2.05) is 12.1 Å². The molecular formula is C7H5BrN2S2. The Balaban J connectivity index is 2.18. The molecule has 0 spiro atoms. The van der Waals surface area contributed by atoms with Crippen LogP contribution < -0.4 is 0 Å². The summed E-state index contributed by atoms with van der Waals surface area (Å²) in [5.74, 6) is 0.785. The fourth-order valence-electron chi connectivity index (χ4n) is 0.704. The van der Waals surface area contributed by atoms with Crippen molar-refractivity contribution >= 4 is 49.6 Å². The first-order valence-electron chi connectivity index (χ1n) is 3.30. The van der Waals surface area contributed by atoms with Crippen molar-refractivity contribution in [2.45, 2.75) is 0 Å². The van der Waals surface area contributed by atoms with Gasteiger partial charge in [0.25, 0.3) is 0 Å². The predicted molar refractivity (Wildman–Crippen MR) is 59.1 cm³/mol. The second-order valence-corrected chi connectivity index (χ2v) is 5.59. The van der Waals surface area contributed by atoms with Gasteiger partial charge in [-0.05, 0) is 28.1 Å². The van der Waals surface area contributed by atoms with Crippen molar-refractivity contribution in [2.75, 3.05) is 5.08 Å². The van der Waals surface area contributed by atoms with Crippen LogP contribution in [0.15, 0.2) is 27.8 Å². The highest BCUT2D eigenvalue weighted by Gasteiger charge is 2.11. The van der Waals surface area contributed by atoms with Crippen molar-refractivity contribution in [1.82, 2.24) is 4.98 Å². The molecule has 0 unspecified atom stereocenters. The molecule has 1 saturated heterocycles. The number of aliphatic imine (C=N–C) groups is 1. The Morgan fingerprint density at radius 2 is 2.25 bits per heavy atom. The maximum Gasteiger partial charge on any atom is 0.153 e. The van der Waals surface area contributed by atoms with Crippen molar-refractivity contribution in [2.24, 2.45) is 4.99 Å². The van der Waals surface area contributed by atoms with E-state index in [0.717, 1.165) is 19.8 Å². The number of hydrogen-bond donors (Lipinski definition) is 0. The summed E-state index contributed by atoms with van der Waals surface area (Å²) in [5.41, 5.74) is 0. The lowest BCUT2D eigenvalue weighted by Crippen LogP contribution is -1.97. The SMILES string of the molecule is Brc1ccc(N=C2SCS2)nc1. The number of pyridine rings is 1. The zero-order valence-corrected chi connectivity index (χ0v) is 9.25. The van der Waals surface area contributed by atoms with Gasteiger partial charge in [0.05, 0.1) is 5.08 Å². The third kappa shape index (κ3) is 2.02. The maximum atomic E-state index is 4.32. The van der Waals surface area contributed by atoms with Gasteiger partial charge in [-0.2, -0.15) is 0 Å². The van der Waals surface area contributed by atoms with Crippen LogP contribution in [-0.4, -0.2) is 14.4 Å². The van der Waals surface area contributed by atoms with E-state index in [1.54, 1.807) is 29.7 Å². The van der Waals surface area contributed by atoms with Crippen molar-refractivity contribution in [3.63, 3.8) is 0 Å². The van der Waals surface area contributed by atoms with Gasteiger partial charge in [0.2, 0.25) is 0 Å². The molecule has 0 bridgehead atoms. The molecule has 0 aromatic carbocycles. The zero-order valence-electron chi connectivity index (χ0n) is 6.03. The van der Waals surface area contributed by atoms with Crippen LogP contribution in [0.25, 0.3) is 0 Å². The summed E-state index contributed by atoms with van der Waals surface area (Å²) in [7, 11) is 0. The number of hydrogen-bond acceptors (Lipinski definition) is 4. The number of thioether (sulfide) groups is 2. The van der Waals surface area contributed by atoms with E-state index in [2.05, 4.69) is 25.9 Å². The van der Waals surface area contributed by atoms with Crippen LogP contribution in [0.5, 0.6) is 0 Å². The monoisotopic (exact) mass is 260 g/mol. The quantitative estimate of drug-likeness (QED) is 0.775. The molecule has 0 N–H and O–H groups in total. The molecule has 1 aromatic rings. The molecule has 0 atom stereocenters. The second-order valence-electron chi connectivity index (χ2n) is 2.12. The molecule has 12 heavy (non-hydrogen) atoms. The van der Waals surface area contributed by atoms with E-state index >= 15 is 0 Å². The van der Waals surface area contributed by atoms with Crippen LogP contribution in [0.1, 0.15) is 0 Å². The van der Waals surface area contributed by atoms with E-state index in [-0.39, 0.29) is 0 Å². The lowest BCUT2D eigenvalue weighted by Gasteiger charge is -2.11. The van der Waals surface area contributed by atoms with Crippen LogP contribution in [0.3, 0.4) is 0 Å². The van der Waals surface area contributed by atoms with Crippen LogP contribution in [-0.2, 0) is 0 Å². The fourth-order valence-corrected chi connectivity index (χ4v) is 2.15. The van der Waals surface area contributed by atoms with Crippen LogP contribution in [0.2, 0.25) is 0 Å². The number of halogens is 1. The third-order valence-corrected chi connectivity index (χ3v) is 4.08.